The molecular formula is C20H21ClFN3O3. The highest BCUT2D eigenvalue weighted by Gasteiger charge is 2.09. The molecule has 1 heterocycles. The normalized spacial score (nSPS) is 9.36. The Bertz CT molecular complexity index is 893. The molecule has 0 fully saturated rings. The lowest BCUT2D eigenvalue weighted by molar-refractivity contribution is 0.102. The number of amides is 1. The van der Waals surface area contributed by atoms with Crippen molar-refractivity contribution in [2.24, 2.45) is 0 Å². The second-order valence-electron chi connectivity index (χ2n) is 5.42. The Kier molecular flexibility index (Phi) is 8.71. The second-order valence-corrected chi connectivity index (χ2v) is 5.42. The molecule has 6 nitrogen and oxygen atoms in total. The molecule has 1 amide bonds. The first-order valence-electron chi connectivity index (χ1n) is 8.05. The predicted molar refractivity (Wildman–Crippen MR) is 111 cm³/mol. The molecule has 0 atom stereocenters. The third-order valence-corrected chi connectivity index (χ3v) is 3.70. The Hall–Kier alpha value is -3.32. The number of nitrogens with one attached hydrogen (secondary N) is 2. The van der Waals surface area contributed by atoms with E-state index in [2.05, 4.69) is 15.6 Å². The average molecular weight is 406 g/mol. The van der Waals surface area contributed by atoms with Crippen molar-refractivity contribution in [1.29, 1.82) is 0 Å². The van der Waals surface area contributed by atoms with E-state index in [4.69, 9.17) is 9.47 Å². The summed E-state index contributed by atoms with van der Waals surface area (Å²) in [6.45, 7) is 0. The van der Waals surface area contributed by atoms with E-state index in [1.807, 2.05) is 37.4 Å². The number of rotatable bonds is 6. The number of hydrogen-bond acceptors (Lipinski definition) is 5. The number of benzene rings is 2. The fourth-order valence-electron chi connectivity index (χ4n) is 2.33. The molecule has 0 aliphatic carbocycles. The molecule has 0 spiro atoms. The van der Waals surface area contributed by atoms with Crippen LogP contribution in [0.1, 0.15) is 10.4 Å². The van der Waals surface area contributed by atoms with Gasteiger partial charge in [-0.15, -0.1) is 12.4 Å². The maximum atomic E-state index is 12.1. The Morgan fingerprint density at radius 3 is 2.29 bits per heavy atom. The van der Waals surface area contributed by atoms with Crippen LogP contribution in [0.25, 0.3) is 0 Å². The molecular weight excluding hydrogens is 385 g/mol. The minimum atomic E-state index is -0.189. The van der Waals surface area contributed by atoms with Gasteiger partial charge in [-0.25, -0.2) is 4.98 Å². The number of carbonyl (C=O) groups is 1. The highest BCUT2D eigenvalue weighted by atomic mass is 35.5. The van der Waals surface area contributed by atoms with Crippen molar-refractivity contribution in [2.45, 2.75) is 0 Å². The number of pyridine rings is 1. The Morgan fingerprint density at radius 2 is 1.68 bits per heavy atom. The highest BCUT2D eigenvalue weighted by molar-refractivity contribution is 6.04. The van der Waals surface area contributed by atoms with Crippen LogP contribution in [-0.2, 0) is 0 Å². The first kappa shape index (κ1) is 22.7. The summed E-state index contributed by atoms with van der Waals surface area (Å²) in [6.07, 6.45) is 1.55. The topological polar surface area (TPSA) is 72.5 Å². The summed E-state index contributed by atoms with van der Waals surface area (Å²) < 4.78 is 11.1. The number of aromatic nitrogens is 1. The lowest BCUT2D eigenvalue weighted by Crippen LogP contribution is -2.11. The van der Waals surface area contributed by atoms with Crippen LogP contribution in [0.2, 0.25) is 0 Å². The van der Waals surface area contributed by atoms with Crippen molar-refractivity contribution in [1.82, 2.24) is 4.98 Å². The van der Waals surface area contributed by atoms with E-state index in [0.717, 1.165) is 5.69 Å². The minimum absolute atomic E-state index is 0. The van der Waals surface area contributed by atoms with Crippen molar-refractivity contribution < 1.29 is 19.0 Å². The highest BCUT2D eigenvalue weighted by Crippen LogP contribution is 2.33. The first-order valence-corrected chi connectivity index (χ1v) is 8.05. The lowest BCUT2D eigenvalue weighted by atomic mass is 10.2. The zero-order valence-electron chi connectivity index (χ0n) is 15.3. The number of halogens is 2. The summed E-state index contributed by atoms with van der Waals surface area (Å²) in [6, 6.07) is 17.9. The standard InChI is InChI=1S/C20H19N3O3.ClH.FH/c1-21-15-8-10-17(18(12-15)25-2)26-19-11-9-16(13-22-19)23-20(24)14-6-4-3-5-7-14;;/h3-13,21H,1-2H3,(H,23,24);2*1H. The van der Waals surface area contributed by atoms with Gasteiger partial charge in [0.15, 0.2) is 11.5 Å². The van der Waals surface area contributed by atoms with Crippen LogP contribution in [0.15, 0.2) is 66.9 Å². The number of ether oxygens (including phenoxy) is 2. The van der Waals surface area contributed by atoms with E-state index in [0.29, 0.717) is 28.6 Å². The molecule has 0 saturated heterocycles. The van der Waals surface area contributed by atoms with Crippen molar-refractivity contribution in [3.8, 4) is 17.4 Å². The van der Waals surface area contributed by atoms with Crippen LogP contribution in [-0.4, -0.2) is 25.0 Å². The number of carbonyl (C=O) groups excluding carboxylic acids is 1. The summed E-state index contributed by atoms with van der Waals surface area (Å²) in [5.74, 6) is 1.36. The molecule has 0 aliphatic heterocycles. The molecule has 0 unspecified atom stereocenters. The van der Waals surface area contributed by atoms with Gasteiger partial charge in [-0.2, -0.15) is 0 Å². The van der Waals surface area contributed by atoms with Gasteiger partial charge in [-0.1, -0.05) is 18.2 Å². The van der Waals surface area contributed by atoms with Gasteiger partial charge >= 0.3 is 0 Å². The number of methoxy groups -OCH3 is 1. The molecule has 0 radical (unpaired) electrons. The van der Waals surface area contributed by atoms with Gasteiger partial charge < -0.3 is 20.1 Å². The van der Waals surface area contributed by atoms with Gasteiger partial charge in [0.25, 0.3) is 5.91 Å². The Labute approximate surface area is 168 Å². The van der Waals surface area contributed by atoms with Gasteiger partial charge in [0.05, 0.1) is 19.0 Å². The zero-order valence-corrected chi connectivity index (χ0v) is 16.2. The lowest BCUT2D eigenvalue weighted by Gasteiger charge is -2.11. The molecule has 1 aromatic heterocycles. The van der Waals surface area contributed by atoms with Crippen LogP contribution in [0.4, 0.5) is 16.1 Å². The summed E-state index contributed by atoms with van der Waals surface area (Å²) in [7, 11) is 3.41. The minimum Gasteiger partial charge on any atom is -0.493 e. The summed E-state index contributed by atoms with van der Waals surface area (Å²) in [4.78, 5) is 16.4. The molecule has 8 heteroatoms. The van der Waals surface area contributed by atoms with E-state index in [1.54, 1.807) is 43.6 Å². The van der Waals surface area contributed by atoms with Gasteiger partial charge in [-0.3, -0.25) is 9.50 Å². The van der Waals surface area contributed by atoms with Gasteiger partial charge in [0.1, 0.15) is 0 Å². The molecule has 2 aromatic carbocycles. The number of nitrogens with zero attached hydrogens (tertiary/aromatic N) is 1. The monoisotopic (exact) mass is 405 g/mol. The third-order valence-electron chi connectivity index (χ3n) is 3.70. The zero-order chi connectivity index (χ0) is 18.4. The largest absolute Gasteiger partial charge is 0.493 e. The van der Waals surface area contributed by atoms with Crippen LogP contribution in [0.5, 0.6) is 17.4 Å². The summed E-state index contributed by atoms with van der Waals surface area (Å²) >= 11 is 0. The molecule has 148 valence electrons. The van der Waals surface area contributed by atoms with Crippen LogP contribution in [0, 0.1) is 0 Å². The molecule has 0 bridgehead atoms. The van der Waals surface area contributed by atoms with Gasteiger partial charge in [0.2, 0.25) is 5.88 Å². The van der Waals surface area contributed by atoms with E-state index in [-0.39, 0.29) is 23.0 Å². The van der Waals surface area contributed by atoms with E-state index < -0.39 is 0 Å². The van der Waals surface area contributed by atoms with Crippen molar-refractivity contribution in [3.05, 3.63) is 72.4 Å². The molecule has 28 heavy (non-hydrogen) atoms. The van der Waals surface area contributed by atoms with Crippen LogP contribution in [0.3, 0.4) is 0 Å². The van der Waals surface area contributed by atoms with Crippen LogP contribution >= 0.6 is 12.4 Å². The molecule has 3 aromatic rings. The van der Waals surface area contributed by atoms with Gasteiger partial charge in [0, 0.05) is 30.4 Å². The average Bonchev–Trinajstić information content (AvgIpc) is 2.70. The quantitative estimate of drug-likeness (QED) is 0.619. The fourth-order valence-corrected chi connectivity index (χ4v) is 2.33. The SMILES string of the molecule is CNc1ccc(Oc2ccc(NC(=O)c3ccccc3)cn2)c(OC)c1.Cl.F. The van der Waals surface area contributed by atoms with E-state index in [1.165, 1.54) is 0 Å². The Morgan fingerprint density at radius 1 is 0.964 bits per heavy atom. The van der Waals surface area contributed by atoms with E-state index >= 15 is 0 Å². The number of anilines is 2. The maximum Gasteiger partial charge on any atom is 0.255 e. The third kappa shape index (κ3) is 5.59. The van der Waals surface area contributed by atoms with Gasteiger partial charge in [-0.05, 0) is 30.3 Å². The molecule has 2 N–H and O–H groups in total. The molecule has 0 aliphatic rings. The second kappa shape index (κ2) is 10.7. The molecule has 0 saturated carbocycles. The van der Waals surface area contributed by atoms with Crippen LogP contribution < -0.4 is 20.1 Å². The summed E-state index contributed by atoms with van der Waals surface area (Å²) in [5, 5.41) is 5.84. The first-order chi connectivity index (χ1) is 12.7. The van der Waals surface area contributed by atoms with Crippen molar-refractivity contribution in [3.63, 3.8) is 0 Å². The Balaban J connectivity index is 0.00000196. The predicted octanol–water partition coefficient (Wildman–Crippen LogP) is 4.75. The maximum absolute atomic E-state index is 12.1. The number of hydrogen-bond donors (Lipinski definition) is 2. The van der Waals surface area contributed by atoms with Crippen molar-refractivity contribution >= 4 is 29.7 Å². The molecule has 3 rings (SSSR count). The summed E-state index contributed by atoms with van der Waals surface area (Å²) in [5.41, 5.74) is 2.09. The fraction of sp³-hybridized carbons (Fsp3) is 0.100. The smallest absolute Gasteiger partial charge is 0.255 e. The van der Waals surface area contributed by atoms with E-state index in [9.17, 15) is 4.79 Å². The van der Waals surface area contributed by atoms with Crippen molar-refractivity contribution in [2.75, 3.05) is 24.8 Å².